The number of carbonyl (C=O) groups excluding carboxylic acids is 1. The van der Waals surface area contributed by atoms with Crippen molar-refractivity contribution in [2.24, 2.45) is 0 Å². The largest absolute Gasteiger partial charge is 0.494 e. The molecule has 0 aliphatic carbocycles. The van der Waals surface area contributed by atoms with Crippen molar-refractivity contribution in [1.29, 1.82) is 0 Å². The Bertz CT molecular complexity index is 688. The molecule has 0 heterocycles. The number of rotatable bonds is 8. The van der Waals surface area contributed by atoms with Gasteiger partial charge in [-0.15, -0.1) is 0 Å². The number of nitrogens with zero attached hydrogens (tertiary/aromatic N) is 1. The van der Waals surface area contributed by atoms with Crippen molar-refractivity contribution in [3.63, 3.8) is 0 Å². The van der Waals surface area contributed by atoms with Crippen molar-refractivity contribution < 1.29 is 9.53 Å². The van der Waals surface area contributed by atoms with Gasteiger partial charge >= 0.3 is 0 Å². The Morgan fingerprint density at radius 2 is 1.88 bits per heavy atom. The van der Waals surface area contributed by atoms with Crippen LogP contribution in [0.15, 0.2) is 48.5 Å². The normalized spacial score (nSPS) is 12.0. The van der Waals surface area contributed by atoms with E-state index < -0.39 is 0 Å². The molecule has 0 aliphatic heterocycles. The van der Waals surface area contributed by atoms with Crippen molar-refractivity contribution in [3.8, 4) is 5.75 Å². The topological polar surface area (TPSA) is 41.6 Å². The third-order valence-corrected chi connectivity index (χ3v) is 4.19. The molecular weight excluding hydrogens is 336 g/mol. The van der Waals surface area contributed by atoms with Crippen LogP contribution in [0, 0.1) is 0 Å². The quantitative estimate of drug-likeness (QED) is 0.772. The maximum atomic E-state index is 12.3. The van der Waals surface area contributed by atoms with E-state index in [1.54, 1.807) is 0 Å². The van der Waals surface area contributed by atoms with E-state index in [0.717, 1.165) is 16.9 Å². The molecule has 1 atom stereocenters. The van der Waals surface area contributed by atoms with Crippen LogP contribution >= 0.6 is 11.6 Å². The van der Waals surface area contributed by atoms with Crippen LogP contribution in [-0.4, -0.2) is 31.0 Å². The van der Waals surface area contributed by atoms with Gasteiger partial charge in [-0.25, -0.2) is 0 Å². The first kappa shape index (κ1) is 19.3. The van der Waals surface area contributed by atoms with Crippen LogP contribution in [0.3, 0.4) is 0 Å². The number of ether oxygens (including phenoxy) is 1. The third kappa shape index (κ3) is 6.07. The van der Waals surface area contributed by atoms with E-state index in [-0.39, 0.29) is 11.9 Å². The lowest BCUT2D eigenvalue weighted by Gasteiger charge is -2.20. The fraction of sp³-hybridized carbons (Fsp3) is 0.350. The zero-order valence-electron chi connectivity index (χ0n) is 15.0. The number of hydrogen-bond donors (Lipinski definition) is 1. The SMILES string of the molecule is CCOc1ccc(CN(C)CC(=O)NC(C)c2ccccc2Cl)cc1. The number of amides is 1. The highest BCUT2D eigenvalue weighted by molar-refractivity contribution is 6.31. The van der Waals surface area contributed by atoms with E-state index in [0.29, 0.717) is 24.7 Å². The molecule has 2 rings (SSSR count). The van der Waals surface area contributed by atoms with Crippen molar-refractivity contribution in [1.82, 2.24) is 10.2 Å². The number of hydrogen-bond acceptors (Lipinski definition) is 3. The lowest BCUT2D eigenvalue weighted by atomic mass is 10.1. The first-order chi connectivity index (χ1) is 12.0. The molecule has 0 aliphatic rings. The van der Waals surface area contributed by atoms with Crippen molar-refractivity contribution in [3.05, 3.63) is 64.7 Å². The molecule has 4 nitrogen and oxygen atoms in total. The third-order valence-electron chi connectivity index (χ3n) is 3.85. The second kappa shape index (κ2) is 9.44. The minimum atomic E-state index is -0.125. The molecule has 2 aromatic carbocycles. The van der Waals surface area contributed by atoms with Crippen LogP contribution in [0.2, 0.25) is 5.02 Å². The molecule has 0 spiro atoms. The Balaban J connectivity index is 1.84. The van der Waals surface area contributed by atoms with Crippen molar-refractivity contribution >= 4 is 17.5 Å². The molecular formula is C20H25ClN2O2. The summed E-state index contributed by atoms with van der Waals surface area (Å²) in [7, 11) is 1.93. The molecule has 0 fully saturated rings. The average Bonchev–Trinajstić information content (AvgIpc) is 2.57. The lowest BCUT2D eigenvalue weighted by molar-refractivity contribution is -0.122. The van der Waals surface area contributed by atoms with Crippen molar-refractivity contribution in [2.75, 3.05) is 20.2 Å². The van der Waals surface area contributed by atoms with E-state index in [2.05, 4.69) is 5.32 Å². The van der Waals surface area contributed by atoms with Crippen LogP contribution < -0.4 is 10.1 Å². The van der Waals surface area contributed by atoms with Crippen LogP contribution in [-0.2, 0) is 11.3 Å². The second-order valence-electron chi connectivity index (χ2n) is 6.06. The zero-order chi connectivity index (χ0) is 18.2. The smallest absolute Gasteiger partial charge is 0.234 e. The number of likely N-dealkylation sites (N-methyl/N-ethyl adjacent to an activating group) is 1. The Morgan fingerprint density at radius 3 is 2.52 bits per heavy atom. The van der Waals surface area contributed by atoms with Gasteiger partial charge < -0.3 is 10.1 Å². The monoisotopic (exact) mass is 360 g/mol. The predicted octanol–water partition coefficient (Wildman–Crippen LogP) is 4.05. The van der Waals surface area contributed by atoms with Gasteiger partial charge in [0.05, 0.1) is 19.2 Å². The van der Waals surface area contributed by atoms with Gasteiger partial charge in [-0.3, -0.25) is 9.69 Å². The molecule has 0 saturated carbocycles. The summed E-state index contributed by atoms with van der Waals surface area (Å²) in [4.78, 5) is 14.2. The summed E-state index contributed by atoms with van der Waals surface area (Å²) in [6, 6.07) is 15.4. The van der Waals surface area contributed by atoms with Crippen molar-refractivity contribution in [2.45, 2.75) is 26.4 Å². The van der Waals surface area contributed by atoms with E-state index in [1.807, 2.05) is 74.3 Å². The van der Waals surface area contributed by atoms with Gasteiger partial charge in [0.15, 0.2) is 0 Å². The highest BCUT2D eigenvalue weighted by Crippen LogP contribution is 2.22. The summed E-state index contributed by atoms with van der Waals surface area (Å²) in [6.45, 7) is 5.57. The highest BCUT2D eigenvalue weighted by Gasteiger charge is 2.13. The maximum Gasteiger partial charge on any atom is 0.234 e. The van der Waals surface area contributed by atoms with Crippen LogP contribution in [0.4, 0.5) is 0 Å². The molecule has 1 amide bonds. The molecule has 1 N–H and O–H groups in total. The number of halogens is 1. The minimum Gasteiger partial charge on any atom is -0.494 e. The van der Waals surface area contributed by atoms with Gasteiger partial charge in [-0.2, -0.15) is 0 Å². The molecule has 134 valence electrons. The van der Waals surface area contributed by atoms with Crippen LogP contribution in [0.25, 0.3) is 0 Å². The van der Waals surface area contributed by atoms with E-state index >= 15 is 0 Å². The molecule has 2 aromatic rings. The molecule has 1 unspecified atom stereocenters. The fourth-order valence-corrected chi connectivity index (χ4v) is 2.96. The molecule has 25 heavy (non-hydrogen) atoms. The number of carbonyl (C=O) groups is 1. The van der Waals surface area contributed by atoms with E-state index in [1.165, 1.54) is 0 Å². The van der Waals surface area contributed by atoms with Crippen LogP contribution in [0.5, 0.6) is 5.75 Å². The predicted molar refractivity (Wildman–Crippen MR) is 102 cm³/mol. The lowest BCUT2D eigenvalue weighted by Crippen LogP contribution is -2.36. The summed E-state index contributed by atoms with van der Waals surface area (Å²) in [5.74, 6) is 0.834. The number of benzene rings is 2. The minimum absolute atomic E-state index is 0.0270. The molecule has 0 saturated heterocycles. The van der Waals surface area contributed by atoms with Gasteiger partial charge in [-0.05, 0) is 50.2 Å². The summed E-state index contributed by atoms with van der Waals surface area (Å²) < 4.78 is 5.44. The van der Waals surface area contributed by atoms with Gasteiger partial charge in [0.2, 0.25) is 5.91 Å². The first-order valence-electron chi connectivity index (χ1n) is 8.43. The second-order valence-corrected chi connectivity index (χ2v) is 6.47. The van der Waals surface area contributed by atoms with Gasteiger partial charge in [0.1, 0.15) is 5.75 Å². The standard InChI is InChI=1S/C20H25ClN2O2/c1-4-25-17-11-9-16(10-12-17)13-23(3)14-20(24)22-15(2)18-7-5-6-8-19(18)21/h5-12,15H,4,13-14H2,1-3H3,(H,22,24). The Hall–Kier alpha value is -2.04. The summed E-state index contributed by atoms with van der Waals surface area (Å²) in [5.41, 5.74) is 2.06. The first-order valence-corrected chi connectivity index (χ1v) is 8.81. The highest BCUT2D eigenvalue weighted by atomic mass is 35.5. The average molecular weight is 361 g/mol. The summed E-state index contributed by atoms with van der Waals surface area (Å²) >= 11 is 6.18. The summed E-state index contributed by atoms with van der Waals surface area (Å²) in [6.07, 6.45) is 0. The number of nitrogens with one attached hydrogen (secondary N) is 1. The molecule has 0 bridgehead atoms. The molecule has 0 aromatic heterocycles. The molecule has 0 radical (unpaired) electrons. The van der Waals surface area contributed by atoms with E-state index in [9.17, 15) is 4.79 Å². The fourth-order valence-electron chi connectivity index (χ4n) is 2.66. The maximum absolute atomic E-state index is 12.3. The van der Waals surface area contributed by atoms with E-state index in [4.69, 9.17) is 16.3 Å². The van der Waals surface area contributed by atoms with Gasteiger partial charge in [0.25, 0.3) is 0 Å². The zero-order valence-corrected chi connectivity index (χ0v) is 15.7. The Morgan fingerprint density at radius 1 is 1.20 bits per heavy atom. The van der Waals surface area contributed by atoms with Gasteiger partial charge in [0, 0.05) is 11.6 Å². The molecule has 5 heteroatoms. The van der Waals surface area contributed by atoms with Crippen LogP contribution in [0.1, 0.15) is 31.0 Å². The van der Waals surface area contributed by atoms with Gasteiger partial charge in [-0.1, -0.05) is 41.9 Å². The Labute approximate surface area is 154 Å². The summed E-state index contributed by atoms with van der Waals surface area (Å²) in [5, 5.41) is 3.66. The Kier molecular flexibility index (Phi) is 7.29.